The number of rotatable bonds is 3. The maximum atomic E-state index is 2.36. The smallest absolute Gasteiger partial charge is 0.189 e. The quantitative estimate of drug-likeness (QED) is 0.259. The van der Waals surface area contributed by atoms with E-state index in [0.29, 0.717) is 0 Å². The highest BCUT2D eigenvalue weighted by Gasteiger charge is 2.22. The molecule has 0 saturated heterocycles. The number of benzene rings is 5. The van der Waals surface area contributed by atoms with E-state index in [2.05, 4.69) is 114 Å². The van der Waals surface area contributed by atoms with Gasteiger partial charge in [0.1, 0.15) is 11.2 Å². The standard InChI is InChI=1S/C29H22NS/c1-2-30-19-31-29-26(30)18-22-13-7-9-15-24(22)28(29)27-23-14-8-6-12-21(23)16-17-25(27)20-10-4-3-5-11-20/h3-19H,2H2,1H3/q+1. The molecule has 148 valence electrons. The molecule has 6 rings (SSSR count). The summed E-state index contributed by atoms with van der Waals surface area (Å²) in [6, 6.07) is 35.3. The summed E-state index contributed by atoms with van der Waals surface area (Å²) in [6.45, 7) is 3.19. The summed E-state index contributed by atoms with van der Waals surface area (Å²) >= 11 is 1.85. The molecule has 6 aromatic rings. The molecule has 1 aromatic heterocycles. The highest BCUT2D eigenvalue weighted by atomic mass is 32.1. The van der Waals surface area contributed by atoms with E-state index in [0.717, 1.165) is 6.54 Å². The fourth-order valence-electron chi connectivity index (χ4n) is 4.71. The molecular weight excluding hydrogens is 394 g/mol. The summed E-state index contributed by atoms with van der Waals surface area (Å²) < 4.78 is 3.72. The third-order valence-electron chi connectivity index (χ3n) is 6.19. The van der Waals surface area contributed by atoms with Crippen molar-refractivity contribution in [2.45, 2.75) is 13.5 Å². The van der Waals surface area contributed by atoms with E-state index in [-0.39, 0.29) is 0 Å². The van der Waals surface area contributed by atoms with E-state index in [1.165, 1.54) is 54.0 Å². The number of hydrogen-bond acceptors (Lipinski definition) is 1. The largest absolute Gasteiger partial charge is 0.225 e. The second-order valence-electron chi connectivity index (χ2n) is 7.91. The summed E-state index contributed by atoms with van der Waals surface area (Å²) in [6.07, 6.45) is 0. The first-order chi connectivity index (χ1) is 15.3. The number of nitrogens with zero attached hydrogens (tertiary/aromatic N) is 1. The fourth-order valence-corrected chi connectivity index (χ4v) is 5.83. The highest BCUT2D eigenvalue weighted by molar-refractivity contribution is 7.17. The van der Waals surface area contributed by atoms with Crippen LogP contribution in [0.4, 0.5) is 0 Å². The normalized spacial score (nSPS) is 11.5. The summed E-state index contributed by atoms with van der Waals surface area (Å²) in [5.74, 6) is 0. The van der Waals surface area contributed by atoms with Crippen LogP contribution in [0.1, 0.15) is 6.92 Å². The van der Waals surface area contributed by atoms with Gasteiger partial charge in [0, 0.05) is 11.6 Å². The molecule has 0 aliphatic heterocycles. The van der Waals surface area contributed by atoms with Crippen molar-refractivity contribution >= 4 is 43.1 Å². The minimum absolute atomic E-state index is 0.971. The minimum atomic E-state index is 0.971. The molecule has 0 saturated carbocycles. The van der Waals surface area contributed by atoms with Gasteiger partial charge in [-0.2, -0.15) is 4.57 Å². The van der Waals surface area contributed by atoms with E-state index in [1.807, 2.05) is 11.3 Å². The zero-order chi connectivity index (χ0) is 20.8. The first kappa shape index (κ1) is 18.3. The van der Waals surface area contributed by atoms with Gasteiger partial charge >= 0.3 is 0 Å². The van der Waals surface area contributed by atoms with E-state index in [9.17, 15) is 0 Å². The molecule has 0 radical (unpaired) electrons. The Morgan fingerprint density at radius 1 is 0.677 bits per heavy atom. The Morgan fingerprint density at radius 3 is 2.13 bits per heavy atom. The average molecular weight is 417 g/mol. The van der Waals surface area contributed by atoms with Gasteiger partial charge in [-0.05, 0) is 45.2 Å². The van der Waals surface area contributed by atoms with Gasteiger partial charge in [-0.15, -0.1) is 0 Å². The molecule has 0 aliphatic carbocycles. The third kappa shape index (κ3) is 2.87. The van der Waals surface area contributed by atoms with Crippen molar-refractivity contribution in [1.82, 2.24) is 0 Å². The second kappa shape index (κ2) is 7.33. The molecule has 1 nitrogen and oxygen atoms in total. The fraction of sp³-hybridized carbons (Fsp3) is 0.0690. The van der Waals surface area contributed by atoms with Gasteiger partial charge in [-0.3, -0.25) is 0 Å². The van der Waals surface area contributed by atoms with Gasteiger partial charge in [0.2, 0.25) is 11.0 Å². The van der Waals surface area contributed by atoms with Gasteiger partial charge < -0.3 is 0 Å². The topological polar surface area (TPSA) is 3.88 Å². The van der Waals surface area contributed by atoms with E-state index in [1.54, 1.807) is 0 Å². The average Bonchev–Trinajstić information content (AvgIpc) is 3.25. The van der Waals surface area contributed by atoms with Crippen LogP contribution < -0.4 is 4.57 Å². The lowest BCUT2D eigenvalue weighted by Gasteiger charge is -2.16. The number of aromatic nitrogens is 1. The van der Waals surface area contributed by atoms with Crippen molar-refractivity contribution < 1.29 is 4.57 Å². The van der Waals surface area contributed by atoms with Crippen molar-refractivity contribution in [3.63, 3.8) is 0 Å². The van der Waals surface area contributed by atoms with E-state index in [4.69, 9.17) is 0 Å². The molecule has 1 heterocycles. The molecule has 0 spiro atoms. The lowest BCUT2D eigenvalue weighted by atomic mass is 9.87. The first-order valence-electron chi connectivity index (χ1n) is 10.7. The third-order valence-corrected chi connectivity index (χ3v) is 7.20. The number of hydrogen-bond donors (Lipinski definition) is 0. The zero-order valence-corrected chi connectivity index (χ0v) is 18.2. The predicted molar refractivity (Wildman–Crippen MR) is 134 cm³/mol. The molecule has 0 amide bonds. The van der Waals surface area contributed by atoms with Crippen LogP contribution in [0.3, 0.4) is 0 Å². The van der Waals surface area contributed by atoms with E-state index < -0.39 is 0 Å². The number of aryl methyl sites for hydroxylation is 1. The predicted octanol–water partition coefficient (Wildman–Crippen LogP) is 7.85. The Kier molecular flexibility index (Phi) is 4.33. The molecule has 0 aliphatic rings. The molecule has 0 fully saturated rings. The monoisotopic (exact) mass is 416 g/mol. The van der Waals surface area contributed by atoms with E-state index >= 15 is 0 Å². The molecule has 0 N–H and O–H groups in total. The Labute approximate surface area is 185 Å². The van der Waals surface area contributed by atoms with Crippen molar-refractivity contribution in [3.8, 4) is 22.3 Å². The Hall–Kier alpha value is -3.49. The van der Waals surface area contributed by atoms with Crippen LogP contribution in [-0.4, -0.2) is 0 Å². The van der Waals surface area contributed by atoms with Crippen LogP contribution in [0.25, 0.3) is 54.0 Å². The van der Waals surface area contributed by atoms with Crippen LogP contribution in [0, 0.1) is 0 Å². The van der Waals surface area contributed by atoms with Gasteiger partial charge in [0.05, 0.1) is 0 Å². The number of thiazole rings is 1. The van der Waals surface area contributed by atoms with Crippen molar-refractivity contribution in [2.24, 2.45) is 0 Å². The summed E-state index contributed by atoms with van der Waals surface area (Å²) in [4.78, 5) is 0. The molecule has 31 heavy (non-hydrogen) atoms. The Balaban J connectivity index is 1.85. The first-order valence-corrected chi connectivity index (χ1v) is 11.6. The van der Waals surface area contributed by atoms with Gasteiger partial charge in [-0.25, -0.2) is 0 Å². The van der Waals surface area contributed by atoms with Crippen molar-refractivity contribution in [1.29, 1.82) is 0 Å². The SMILES string of the molecule is CC[n+]1csc2c(-c3c(-c4ccccc4)ccc4ccccc34)c3ccccc3cc21. The molecule has 5 aromatic carbocycles. The van der Waals surface area contributed by atoms with Crippen LogP contribution >= 0.6 is 11.3 Å². The molecule has 2 heteroatoms. The van der Waals surface area contributed by atoms with Crippen molar-refractivity contribution in [2.75, 3.05) is 0 Å². The maximum absolute atomic E-state index is 2.36. The van der Waals surface area contributed by atoms with Crippen LogP contribution in [-0.2, 0) is 6.54 Å². The van der Waals surface area contributed by atoms with Gasteiger partial charge in [-0.1, -0.05) is 102 Å². The zero-order valence-electron chi connectivity index (χ0n) is 17.4. The lowest BCUT2D eigenvalue weighted by molar-refractivity contribution is -0.663. The second-order valence-corrected chi connectivity index (χ2v) is 8.76. The van der Waals surface area contributed by atoms with Gasteiger partial charge in [0.25, 0.3) is 0 Å². The maximum Gasteiger partial charge on any atom is 0.225 e. The summed E-state index contributed by atoms with van der Waals surface area (Å²) in [7, 11) is 0. The molecular formula is C29H22NS+. The van der Waals surface area contributed by atoms with Gasteiger partial charge in [0.15, 0.2) is 0 Å². The Bertz CT molecular complexity index is 1560. The van der Waals surface area contributed by atoms with Crippen LogP contribution in [0.15, 0.2) is 103 Å². The molecule has 0 unspecified atom stereocenters. The van der Waals surface area contributed by atoms with Crippen LogP contribution in [0.2, 0.25) is 0 Å². The van der Waals surface area contributed by atoms with Crippen molar-refractivity contribution in [3.05, 3.63) is 103 Å². The molecule has 0 bridgehead atoms. The van der Waals surface area contributed by atoms with Crippen LogP contribution in [0.5, 0.6) is 0 Å². The molecule has 0 atom stereocenters. The Morgan fingerprint density at radius 2 is 1.35 bits per heavy atom. The summed E-state index contributed by atoms with van der Waals surface area (Å²) in [5, 5.41) is 5.18. The minimum Gasteiger partial charge on any atom is -0.189 e. The summed E-state index contributed by atoms with van der Waals surface area (Å²) in [5.41, 5.74) is 8.79. The highest BCUT2D eigenvalue weighted by Crippen LogP contribution is 2.45. The number of fused-ring (bicyclic) bond motifs is 3. The lowest BCUT2D eigenvalue weighted by Crippen LogP contribution is -2.29.